The van der Waals surface area contributed by atoms with Gasteiger partial charge in [-0.05, 0) is 35.9 Å². The van der Waals surface area contributed by atoms with E-state index in [1.54, 1.807) is 35.1 Å². The molecule has 0 aliphatic carbocycles. The number of ether oxygens (including phenoxy) is 2. The summed E-state index contributed by atoms with van der Waals surface area (Å²) in [7, 11) is 0. The predicted octanol–water partition coefficient (Wildman–Crippen LogP) is 3.57. The number of nitrogens with one attached hydrogen (secondary N) is 1. The molecule has 1 aliphatic rings. The molecule has 1 aromatic heterocycles. The third-order valence-corrected chi connectivity index (χ3v) is 4.05. The Balaban J connectivity index is 1.51. The van der Waals surface area contributed by atoms with E-state index in [9.17, 15) is 4.79 Å². The fraction of sp³-hybridized carbons (Fsp3) is 0.111. The number of anilines is 1. The highest BCUT2D eigenvalue weighted by Gasteiger charge is 2.17. The van der Waals surface area contributed by atoms with Crippen LogP contribution in [0.5, 0.6) is 11.5 Å². The van der Waals surface area contributed by atoms with Crippen LogP contribution in [0, 0.1) is 0 Å². The third-order valence-electron chi connectivity index (χ3n) is 3.81. The summed E-state index contributed by atoms with van der Waals surface area (Å²) in [6.45, 7) is 0.678. The summed E-state index contributed by atoms with van der Waals surface area (Å²) in [5.41, 5.74) is 1.48. The fourth-order valence-electron chi connectivity index (χ4n) is 2.60. The zero-order valence-electron chi connectivity index (χ0n) is 13.1. The molecule has 126 valence electrons. The molecule has 2 aromatic carbocycles. The number of benzene rings is 2. The maximum Gasteiger partial charge on any atom is 0.256 e. The normalized spacial score (nSPS) is 12.2. The van der Waals surface area contributed by atoms with Gasteiger partial charge in [0.2, 0.25) is 6.79 Å². The first-order valence-corrected chi connectivity index (χ1v) is 8.04. The van der Waals surface area contributed by atoms with Gasteiger partial charge in [-0.3, -0.25) is 4.79 Å². The Morgan fingerprint density at radius 1 is 1.16 bits per heavy atom. The first-order chi connectivity index (χ1) is 12.2. The summed E-state index contributed by atoms with van der Waals surface area (Å²) in [4.78, 5) is 12.5. The highest BCUT2D eigenvalue weighted by atomic mass is 35.5. The van der Waals surface area contributed by atoms with Gasteiger partial charge in [0.05, 0.1) is 12.7 Å². The third kappa shape index (κ3) is 3.29. The van der Waals surface area contributed by atoms with Crippen molar-refractivity contribution in [3.63, 3.8) is 0 Å². The average molecular weight is 356 g/mol. The van der Waals surface area contributed by atoms with Crippen molar-refractivity contribution in [3.05, 3.63) is 70.9 Å². The molecule has 7 heteroatoms. The molecule has 0 unspecified atom stereocenters. The van der Waals surface area contributed by atoms with Gasteiger partial charge in [0.15, 0.2) is 11.5 Å². The lowest BCUT2D eigenvalue weighted by Crippen LogP contribution is -2.16. The number of carbonyl (C=O) groups excluding carboxylic acids is 1. The number of hydrogen-bond donors (Lipinski definition) is 1. The highest BCUT2D eigenvalue weighted by molar-refractivity contribution is 6.30. The standard InChI is InChI=1S/C18H14ClN3O3/c19-14-3-1-2-12(8-14)10-22-17(6-7-20-22)21-18(23)13-4-5-15-16(9-13)25-11-24-15/h1-9H,10-11H2,(H,21,23). The minimum Gasteiger partial charge on any atom is -0.454 e. The Morgan fingerprint density at radius 2 is 2.04 bits per heavy atom. The van der Waals surface area contributed by atoms with Crippen molar-refractivity contribution in [2.24, 2.45) is 0 Å². The minimum absolute atomic E-state index is 0.173. The van der Waals surface area contributed by atoms with Gasteiger partial charge in [0, 0.05) is 16.7 Å². The number of halogens is 1. The summed E-state index contributed by atoms with van der Waals surface area (Å²) in [5, 5.41) is 7.79. The number of fused-ring (bicyclic) bond motifs is 1. The Morgan fingerprint density at radius 3 is 2.92 bits per heavy atom. The van der Waals surface area contributed by atoms with Crippen LogP contribution in [0.1, 0.15) is 15.9 Å². The second kappa shape index (κ2) is 6.49. The van der Waals surface area contributed by atoms with Crippen molar-refractivity contribution in [3.8, 4) is 11.5 Å². The van der Waals surface area contributed by atoms with Crippen molar-refractivity contribution < 1.29 is 14.3 Å². The molecule has 1 amide bonds. The smallest absolute Gasteiger partial charge is 0.256 e. The molecule has 0 saturated heterocycles. The van der Waals surface area contributed by atoms with Crippen LogP contribution in [0.25, 0.3) is 0 Å². The molecule has 0 spiro atoms. The van der Waals surface area contributed by atoms with Gasteiger partial charge in [-0.15, -0.1) is 0 Å². The van der Waals surface area contributed by atoms with Crippen LogP contribution in [0.2, 0.25) is 5.02 Å². The lowest BCUT2D eigenvalue weighted by atomic mass is 10.2. The van der Waals surface area contributed by atoms with Crippen molar-refractivity contribution in [1.82, 2.24) is 9.78 Å². The second-order valence-electron chi connectivity index (χ2n) is 5.53. The quantitative estimate of drug-likeness (QED) is 0.777. The van der Waals surface area contributed by atoms with Crippen molar-refractivity contribution in [2.75, 3.05) is 12.1 Å². The highest BCUT2D eigenvalue weighted by Crippen LogP contribution is 2.32. The number of nitrogens with zero attached hydrogens (tertiary/aromatic N) is 2. The summed E-state index contributed by atoms with van der Waals surface area (Å²) < 4.78 is 12.3. The summed E-state index contributed by atoms with van der Waals surface area (Å²) in [6, 6.07) is 14.3. The largest absolute Gasteiger partial charge is 0.454 e. The van der Waals surface area contributed by atoms with Gasteiger partial charge in [-0.25, -0.2) is 4.68 Å². The van der Waals surface area contributed by atoms with E-state index in [1.807, 2.05) is 24.3 Å². The monoisotopic (exact) mass is 355 g/mol. The maximum atomic E-state index is 12.5. The van der Waals surface area contributed by atoms with E-state index in [-0.39, 0.29) is 12.7 Å². The second-order valence-corrected chi connectivity index (χ2v) is 5.96. The van der Waals surface area contributed by atoms with E-state index in [2.05, 4.69) is 10.4 Å². The minimum atomic E-state index is -0.244. The van der Waals surface area contributed by atoms with E-state index < -0.39 is 0 Å². The molecule has 4 rings (SSSR count). The molecule has 0 bridgehead atoms. The zero-order valence-corrected chi connectivity index (χ0v) is 13.9. The van der Waals surface area contributed by atoms with Crippen molar-refractivity contribution in [1.29, 1.82) is 0 Å². The molecule has 2 heterocycles. The van der Waals surface area contributed by atoms with E-state index in [4.69, 9.17) is 21.1 Å². The SMILES string of the molecule is O=C(Nc1ccnn1Cc1cccc(Cl)c1)c1ccc2c(c1)OCO2. The molecule has 0 fully saturated rings. The van der Waals surface area contributed by atoms with Gasteiger partial charge in [-0.2, -0.15) is 5.10 Å². The number of rotatable bonds is 4. The maximum absolute atomic E-state index is 12.5. The van der Waals surface area contributed by atoms with Gasteiger partial charge in [0.1, 0.15) is 5.82 Å². The topological polar surface area (TPSA) is 65.4 Å². The summed E-state index contributed by atoms with van der Waals surface area (Å²) in [5.74, 6) is 1.57. The van der Waals surface area contributed by atoms with Crippen LogP contribution in [0.4, 0.5) is 5.82 Å². The summed E-state index contributed by atoms with van der Waals surface area (Å²) >= 11 is 6.01. The molecule has 6 nitrogen and oxygen atoms in total. The number of aromatic nitrogens is 2. The van der Waals surface area contributed by atoms with Crippen LogP contribution in [-0.4, -0.2) is 22.5 Å². The van der Waals surface area contributed by atoms with Gasteiger partial charge in [0.25, 0.3) is 5.91 Å². The Kier molecular flexibility index (Phi) is 4.03. The van der Waals surface area contributed by atoms with Crippen molar-refractivity contribution >= 4 is 23.3 Å². The van der Waals surface area contributed by atoms with Crippen LogP contribution in [0.15, 0.2) is 54.7 Å². The Bertz CT molecular complexity index is 939. The molecule has 0 atom stereocenters. The molecule has 0 radical (unpaired) electrons. The molecule has 1 N–H and O–H groups in total. The lowest BCUT2D eigenvalue weighted by Gasteiger charge is -2.10. The summed E-state index contributed by atoms with van der Waals surface area (Å²) in [6.07, 6.45) is 1.64. The number of hydrogen-bond acceptors (Lipinski definition) is 4. The first kappa shape index (κ1) is 15.5. The lowest BCUT2D eigenvalue weighted by molar-refractivity contribution is 0.102. The average Bonchev–Trinajstić information content (AvgIpc) is 3.23. The number of carbonyl (C=O) groups is 1. The van der Waals surface area contributed by atoms with E-state index in [0.717, 1.165) is 5.56 Å². The number of amides is 1. The Labute approximate surface area is 148 Å². The van der Waals surface area contributed by atoms with Gasteiger partial charge in [-0.1, -0.05) is 23.7 Å². The van der Waals surface area contributed by atoms with Crippen LogP contribution in [0.3, 0.4) is 0 Å². The van der Waals surface area contributed by atoms with Crippen LogP contribution in [-0.2, 0) is 6.54 Å². The van der Waals surface area contributed by atoms with Gasteiger partial charge < -0.3 is 14.8 Å². The molecule has 1 aliphatic heterocycles. The van der Waals surface area contributed by atoms with Crippen LogP contribution < -0.4 is 14.8 Å². The van der Waals surface area contributed by atoms with Crippen LogP contribution >= 0.6 is 11.6 Å². The molecular weight excluding hydrogens is 342 g/mol. The molecule has 3 aromatic rings. The van der Waals surface area contributed by atoms with E-state index >= 15 is 0 Å². The zero-order chi connectivity index (χ0) is 17.2. The van der Waals surface area contributed by atoms with E-state index in [1.165, 1.54) is 0 Å². The molecular formula is C18H14ClN3O3. The predicted molar refractivity (Wildman–Crippen MR) is 93.3 cm³/mol. The van der Waals surface area contributed by atoms with Gasteiger partial charge >= 0.3 is 0 Å². The van der Waals surface area contributed by atoms with Crippen molar-refractivity contribution in [2.45, 2.75) is 6.54 Å². The van der Waals surface area contributed by atoms with E-state index in [0.29, 0.717) is 34.4 Å². The first-order valence-electron chi connectivity index (χ1n) is 7.66. The molecule has 25 heavy (non-hydrogen) atoms. The molecule has 0 saturated carbocycles. The Hall–Kier alpha value is -2.99. The fourth-order valence-corrected chi connectivity index (χ4v) is 2.81.